The van der Waals surface area contributed by atoms with E-state index in [1.54, 1.807) is 11.0 Å². The second-order valence-electron chi connectivity index (χ2n) is 6.71. The first kappa shape index (κ1) is 20.4. The minimum absolute atomic E-state index is 0.0925. The number of carbonyl (C=O) groups is 2. The number of thiazole rings is 1. The second-order valence-corrected chi connectivity index (χ2v) is 8.09. The molecule has 28 heavy (non-hydrogen) atoms. The summed E-state index contributed by atoms with van der Waals surface area (Å²) in [5.74, 6) is 0.457. The lowest BCUT2D eigenvalue weighted by atomic mass is 9.97. The summed E-state index contributed by atoms with van der Waals surface area (Å²) in [5, 5.41) is 10.5. The van der Waals surface area contributed by atoms with Gasteiger partial charge in [-0.25, -0.2) is 4.98 Å². The van der Waals surface area contributed by atoms with Crippen LogP contribution in [0.1, 0.15) is 31.9 Å². The predicted molar refractivity (Wildman–Crippen MR) is 112 cm³/mol. The Morgan fingerprint density at radius 1 is 1.50 bits per heavy atom. The fraction of sp³-hybridized carbons (Fsp3) is 0.500. The van der Waals surface area contributed by atoms with Crippen LogP contribution in [0.15, 0.2) is 12.7 Å². The number of amides is 2. The SMILES string of the molecule is C=CCn1c(-c2sc(NC(=O)C3CCCN(C(=O)CC)C3)nc2C)n[nH]c1=S. The van der Waals surface area contributed by atoms with Crippen LogP contribution in [0.4, 0.5) is 5.13 Å². The molecule has 2 amide bonds. The number of anilines is 1. The molecular formula is C18H24N6O2S2. The van der Waals surface area contributed by atoms with Gasteiger partial charge in [0.1, 0.15) is 0 Å². The maximum absolute atomic E-state index is 12.7. The van der Waals surface area contributed by atoms with Crippen LogP contribution in [0, 0.1) is 17.6 Å². The van der Waals surface area contributed by atoms with Crippen molar-refractivity contribution in [2.45, 2.75) is 39.7 Å². The maximum Gasteiger partial charge on any atom is 0.231 e. The highest BCUT2D eigenvalue weighted by molar-refractivity contribution is 7.71. The van der Waals surface area contributed by atoms with Crippen LogP contribution in [0.25, 0.3) is 10.7 Å². The summed E-state index contributed by atoms with van der Waals surface area (Å²) >= 11 is 6.63. The van der Waals surface area contributed by atoms with Gasteiger partial charge < -0.3 is 10.2 Å². The summed E-state index contributed by atoms with van der Waals surface area (Å²) in [4.78, 5) is 31.8. The van der Waals surface area contributed by atoms with Crippen molar-refractivity contribution in [2.75, 3.05) is 18.4 Å². The molecule has 0 saturated carbocycles. The van der Waals surface area contributed by atoms with Crippen LogP contribution in [0.2, 0.25) is 0 Å². The fourth-order valence-electron chi connectivity index (χ4n) is 3.30. The van der Waals surface area contributed by atoms with Gasteiger partial charge in [0.05, 0.1) is 16.5 Å². The average Bonchev–Trinajstić information content (AvgIpc) is 3.23. The van der Waals surface area contributed by atoms with E-state index in [0.29, 0.717) is 35.2 Å². The third-order valence-electron chi connectivity index (χ3n) is 4.75. The van der Waals surface area contributed by atoms with Crippen molar-refractivity contribution in [1.29, 1.82) is 0 Å². The number of nitrogens with one attached hydrogen (secondary N) is 2. The summed E-state index contributed by atoms with van der Waals surface area (Å²) in [6, 6.07) is 0. The third-order valence-corrected chi connectivity index (χ3v) is 6.13. The van der Waals surface area contributed by atoms with E-state index in [1.165, 1.54) is 11.3 Å². The van der Waals surface area contributed by atoms with Crippen molar-refractivity contribution in [3.8, 4) is 10.7 Å². The molecule has 0 bridgehead atoms. The number of aryl methyl sites for hydroxylation is 1. The molecule has 0 aromatic carbocycles. The molecule has 3 rings (SSSR count). The summed E-state index contributed by atoms with van der Waals surface area (Å²) in [6.45, 7) is 9.19. The van der Waals surface area contributed by atoms with Crippen LogP contribution in [-0.2, 0) is 16.1 Å². The van der Waals surface area contributed by atoms with Crippen LogP contribution in [-0.4, -0.2) is 49.6 Å². The molecule has 10 heteroatoms. The van der Waals surface area contributed by atoms with Crippen LogP contribution < -0.4 is 5.32 Å². The standard InChI is InChI=1S/C18H24N6O2S2/c1-4-8-24-15(21-22-18(24)27)14-11(3)19-17(28-14)20-16(26)12-7-6-9-23(10-12)13(25)5-2/h4,12H,1,5-10H2,2-3H3,(H,22,27)(H,19,20,26). The molecule has 2 aromatic rings. The first-order chi connectivity index (χ1) is 13.4. The molecule has 1 unspecified atom stereocenters. The molecule has 0 radical (unpaired) electrons. The summed E-state index contributed by atoms with van der Waals surface area (Å²) in [6.07, 6.45) is 3.82. The number of piperidine rings is 1. The number of allylic oxidation sites excluding steroid dienone is 1. The van der Waals surface area contributed by atoms with Gasteiger partial charge in [0.2, 0.25) is 11.8 Å². The van der Waals surface area contributed by atoms with E-state index in [0.717, 1.165) is 30.0 Å². The number of aromatic nitrogens is 4. The van der Waals surface area contributed by atoms with E-state index < -0.39 is 0 Å². The molecule has 0 aliphatic carbocycles. The molecule has 2 N–H and O–H groups in total. The summed E-state index contributed by atoms with van der Waals surface area (Å²) in [5.41, 5.74) is 0.769. The number of hydrogen-bond donors (Lipinski definition) is 2. The van der Waals surface area contributed by atoms with Gasteiger partial charge in [-0.3, -0.25) is 19.3 Å². The largest absolute Gasteiger partial charge is 0.342 e. The number of hydrogen-bond acceptors (Lipinski definition) is 6. The Morgan fingerprint density at radius 3 is 3.00 bits per heavy atom. The van der Waals surface area contributed by atoms with Crippen molar-refractivity contribution in [3.63, 3.8) is 0 Å². The monoisotopic (exact) mass is 420 g/mol. The minimum atomic E-state index is -0.216. The second kappa shape index (κ2) is 8.78. The minimum Gasteiger partial charge on any atom is -0.342 e. The van der Waals surface area contributed by atoms with E-state index in [-0.39, 0.29) is 17.7 Å². The Labute approximate surface area is 172 Å². The molecule has 1 atom stereocenters. The number of likely N-dealkylation sites (tertiary alicyclic amines) is 1. The molecule has 150 valence electrons. The topological polar surface area (TPSA) is 95.9 Å². The highest BCUT2D eigenvalue weighted by Crippen LogP contribution is 2.32. The molecule has 2 aromatic heterocycles. The molecule has 1 saturated heterocycles. The number of aromatic amines is 1. The Bertz CT molecular complexity index is 944. The molecule has 8 nitrogen and oxygen atoms in total. The fourth-order valence-corrected chi connectivity index (χ4v) is 4.47. The van der Waals surface area contributed by atoms with Gasteiger partial charge in [-0.05, 0) is 32.0 Å². The molecule has 3 heterocycles. The quantitative estimate of drug-likeness (QED) is 0.553. The first-order valence-electron chi connectivity index (χ1n) is 9.27. The van der Waals surface area contributed by atoms with E-state index in [2.05, 4.69) is 27.1 Å². The van der Waals surface area contributed by atoms with Crippen molar-refractivity contribution < 1.29 is 9.59 Å². The van der Waals surface area contributed by atoms with E-state index in [9.17, 15) is 9.59 Å². The normalized spacial score (nSPS) is 16.8. The lowest BCUT2D eigenvalue weighted by molar-refractivity contribution is -0.134. The third kappa shape index (κ3) is 4.22. The Kier molecular flexibility index (Phi) is 6.40. The Hall–Kier alpha value is -2.33. The Morgan fingerprint density at radius 2 is 2.29 bits per heavy atom. The zero-order valence-electron chi connectivity index (χ0n) is 16.0. The van der Waals surface area contributed by atoms with Gasteiger partial charge in [-0.1, -0.05) is 24.3 Å². The average molecular weight is 421 g/mol. The van der Waals surface area contributed by atoms with Crippen molar-refractivity contribution >= 4 is 40.5 Å². The van der Waals surface area contributed by atoms with E-state index in [1.807, 2.05) is 18.4 Å². The van der Waals surface area contributed by atoms with E-state index >= 15 is 0 Å². The Balaban J connectivity index is 1.75. The summed E-state index contributed by atoms with van der Waals surface area (Å²) < 4.78 is 2.35. The number of nitrogens with zero attached hydrogens (tertiary/aromatic N) is 4. The van der Waals surface area contributed by atoms with Gasteiger partial charge >= 0.3 is 0 Å². The van der Waals surface area contributed by atoms with Gasteiger partial charge in [-0.15, -0.1) is 6.58 Å². The molecule has 1 aliphatic heterocycles. The van der Waals surface area contributed by atoms with Gasteiger partial charge in [0.15, 0.2) is 15.7 Å². The van der Waals surface area contributed by atoms with Crippen molar-refractivity contribution in [3.05, 3.63) is 23.1 Å². The van der Waals surface area contributed by atoms with Crippen LogP contribution >= 0.6 is 23.6 Å². The highest BCUT2D eigenvalue weighted by Gasteiger charge is 2.28. The van der Waals surface area contributed by atoms with Gasteiger partial charge in [0.25, 0.3) is 0 Å². The maximum atomic E-state index is 12.7. The predicted octanol–water partition coefficient (Wildman–Crippen LogP) is 3.15. The molecule has 0 spiro atoms. The van der Waals surface area contributed by atoms with E-state index in [4.69, 9.17) is 12.2 Å². The lowest BCUT2D eigenvalue weighted by Gasteiger charge is -2.31. The number of H-pyrrole nitrogens is 1. The van der Waals surface area contributed by atoms with Gasteiger partial charge in [-0.2, -0.15) is 5.10 Å². The zero-order chi connectivity index (χ0) is 20.3. The van der Waals surface area contributed by atoms with Crippen molar-refractivity contribution in [1.82, 2.24) is 24.6 Å². The van der Waals surface area contributed by atoms with Gasteiger partial charge in [0, 0.05) is 26.1 Å². The lowest BCUT2D eigenvalue weighted by Crippen LogP contribution is -2.43. The summed E-state index contributed by atoms with van der Waals surface area (Å²) in [7, 11) is 0. The smallest absolute Gasteiger partial charge is 0.231 e. The first-order valence-corrected chi connectivity index (χ1v) is 10.5. The van der Waals surface area contributed by atoms with Crippen molar-refractivity contribution in [2.24, 2.45) is 5.92 Å². The molecular weight excluding hydrogens is 396 g/mol. The molecule has 1 aliphatic rings. The molecule has 1 fully saturated rings. The number of rotatable bonds is 6. The van der Waals surface area contributed by atoms with Crippen LogP contribution in [0.3, 0.4) is 0 Å². The number of carbonyl (C=O) groups excluding carboxylic acids is 2. The zero-order valence-corrected chi connectivity index (χ0v) is 17.7. The van der Waals surface area contributed by atoms with Crippen LogP contribution in [0.5, 0.6) is 0 Å². The highest BCUT2D eigenvalue weighted by atomic mass is 32.1.